The molecule has 10 heteroatoms. The second-order valence-corrected chi connectivity index (χ2v) is 7.73. The van der Waals surface area contributed by atoms with Crippen LogP contribution in [0.2, 0.25) is 0 Å². The van der Waals surface area contributed by atoms with Crippen molar-refractivity contribution >= 4 is 34.3 Å². The van der Waals surface area contributed by atoms with E-state index in [1.54, 1.807) is 23.2 Å². The predicted molar refractivity (Wildman–Crippen MR) is 111 cm³/mol. The molecule has 1 fully saturated rings. The first-order valence-electron chi connectivity index (χ1n) is 9.86. The maximum Gasteiger partial charge on any atom is 0.249 e. The van der Waals surface area contributed by atoms with Crippen LogP contribution in [0, 0.1) is 17.2 Å². The fraction of sp³-hybridized carbons (Fsp3) is 0.381. The number of fused-ring (bicyclic) bond motifs is 1. The van der Waals surface area contributed by atoms with Crippen LogP contribution < -0.4 is 10.2 Å². The van der Waals surface area contributed by atoms with Crippen molar-refractivity contribution in [3.05, 3.63) is 35.9 Å². The molecule has 0 saturated heterocycles. The molecule has 0 aliphatic heterocycles. The van der Waals surface area contributed by atoms with E-state index in [1.165, 1.54) is 0 Å². The number of alkyl halides is 2. The van der Waals surface area contributed by atoms with Crippen LogP contribution >= 0.6 is 0 Å². The molecule has 0 spiro atoms. The second-order valence-electron chi connectivity index (χ2n) is 7.73. The average molecular weight is 425 g/mol. The number of halogens is 2. The summed E-state index contributed by atoms with van der Waals surface area (Å²) in [6, 6.07) is 5.59. The predicted octanol–water partition coefficient (Wildman–Crippen LogP) is 3.55. The maximum absolute atomic E-state index is 13.2. The summed E-state index contributed by atoms with van der Waals surface area (Å²) in [6.45, 7) is 1.98. The van der Waals surface area contributed by atoms with Gasteiger partial charge in [0.05, 0.1) is 23.7 Å². The molecule has 3 heterocycles. The van der Waals surface area contributed by atoms with E-state index in [-0.39, 0.29) is 5.82 Å². The lowest BCUT2D eigenvalue weighted by molar-refractivity contribution is -0.145. The van der Waals surface area contributed by atoms with Crippen LogP contribution in [0.5, 0.6) is 0 Å². The van der Waals surface area contributed by atoms with E-state index in [2.05, 4.69) is 20.3 Å². The molecule has 0 unspecified atom stereocenters. The van der Waals surface area contributed by atoms with Gasteiger partial charge in [0, 0.05) is 38.9 Å². The van der Waals surface area contributed by atoms with Crippen molar-refractivity contribution in [2.45, 2.75) is 32.1 Å². The zero-order valence-electron chi connectivity index (χ0n) is 17.4. The minimum atomic E-state index is -2.78. The van der Waals surface area contributed by atoms with Gasteiger partial charge in [0.25, 0.3) is 0 Å². The van der Waals surface area contributed by atoms with Crippen molar-refractivity contribution in [1.29, 1.82) is 5.26 Å². The van der Waals surface area contributed by atoms with E-state index in [0.29, 0.717) is 23.4 Å². The molecule has 0 aromatic carbocycles. The van der Waals surface area contributed by atoms with Gasteiger partial charge in [-0.05, 0) is 18.1 Å². The topological polar surface area (TPSA) is 99.7 Å². The Morgan fingerprint density at radius 1 is 1.39 bits per heavy atom. The van der Waals surface area contributed by atoms with Crippen molar-refractivity contribution in [3.8, 4) is 6.07 Å². The molecule has 31 heavy (non-hydrogen) atoms. The Bertz CT molecular complexity index is 1210. The molecule has 160 valence electrons. The molecular formula is C21H21F2N7O. The fourth-order valence-corrected chi connectivity index (χ4v) is 3.70. The summed E-state index contributed by atoms with van der Waals surface area (Å²) in [5.74, 6) is -3.27. The minimum absolute atomic E-state index is 0.222. The lowest BCUT2D eigenvalue weighted by Crippen LogP contribution is -2.42. The zero-order chi connectivity index (χ0) is 22.3. The molecule has 0 radical (unpaired) electrons. The Kier molecular flexibility index (Phi) is 5.05. The van der Waals surface area contributed by atoms with Gasteiger partial charge in [-0.1, -0.05) is 6.92 Å². The Morgan fingerprint density at radius 2 is 2.13 bits per heavy atom. The van der Waals surface area contributed by atoms with Crippen molar-refractivity contribution in [3.63, 3.8) is 0 Å². The number of nitriles is 1. The van der Waals surface area contributed by atoms with Crippen molar-refractivity contribution in [2.75, 3.05) is 17.3 Å². The average Bonchev–Trinajstić information content (AvgIpc) is 3.11. The van der Waals surface area contributed by atoms with Gasteiger partial charge in [-0.25, -0.2) is 23.7 Å². The highest BCUT2D eigenvalue weighted by molar-refractivity contribution is 6.00. The molecule has 1 amide bonds. The standard InChI is InChI=1S/C21H21F2N7O/c1-4-12-5-14(9-24)25-10-16(12)30(3)17-6-15-18(26-11-29(15)2)19(27-17)28-20(31)13-7-21(22,23)8-13/h5-6,10-11,13H,4,7-8H2,1-3H3,(H,27,28,31). The van der Waals surface area contributed by atoms with Gasteiger partial charge in [-0.2, -0.15) is 5.26 Å². The molecule has 1 saturated carbocycles. The number of anilines is 3. The lowest BCUT2D eigenvalue weighted by atomic mass is 9.81. The summed E-state index contributed by atoms with van der Waals surface area (Å²) in [5.41, 5.74) is 3.22. The molecule has 0 atom stereocenters. The number of nitrogens with one attached hydrogen (secondary N) is 1. The Hall–Kier alpha value is -3.61. The van der Waals surface area contributed by atoms with Crippen molar-refractivity contribution in [2.24, 2.45) is 13.0 Å². The van der Waals surface area contributed by atoms with E-state index >= 15 is 0 Å². The summed E-state index contributed by atoms with van der Waals surface area (Å²) in [4.78, 5) is 27.3. The number of hydrogen-bond donors (Lipinski definition) is 1. The third kappa shape index (κ3) is 3.79. The van der Waals surface area contributed by atoms with Crippen LogP contribution in [0.25, 0.3) is 11.0 Å². The van der Waals surface area contributed by atoms with E-state index < -0.39 is 30.6 Å². The molecule has 8 nitrogen and oxygen atoms in total. The minimum Gasteiger partial charge on any atom is -0.334 e. The van der Waals surface area contributed by atoms with E-state index in [4.69, 9.17) is 5.26 Å². The Morgan fingerprint density at radius 3 is 2.77 bits per heavy atom. The van der Waals surface area contributed by atoms with Crippen LogP contribution in [0.15, 0.2) is 24.7 Å². The molecule has 1 aliphatic rings. The summed E-state index contributed by atoms with van der Waals surface area (Å²) in [6.07, 6.45) is 2.98. The summed E-state index contributed by atoms with van der Waals surface area (Å²) < 4.78 is 28.2. The Balaban J connectivity index is 1.71. The number of hydrogen-bond acceptors (Lipinski definition) is 6. The highest BCUT2D eigenvalue weighted by Gasteiger charge is 2.48. The van der Waals surface area contributed by atoms with E-state index in [1.807, 2.05) is 38.1 Å². The van der Waals surface area contributed by atoms with Gasteiger partial charge in [-0.3, -0.25) is 4.79 Å². The first-order valence-corrected chi connectivity index (χ1v) is 9.86. The zero-order valence-corrected chi connectivity index (χ0v) is 17.4. The highest BCUT2D eigenvalue weighted by atomic mass is 19.3. The van der Waals surface area contributed by atoms with Crippen LogP contribution in [0.3, 0.4) is 0 Å². The first kappa shape index (κ1) is 20.7. The molecule has 1 aliphatic carbocycles. The maximum atomic E-state index is 13.2. The third-order valence-corrected chi connectivity index (χ3v) is 5.57. The van der Waals surface area contributed by atoms with Gasteiger partial charge in [-0.15, -0.1) is 0 Å². The summed E-state index contributed by atoms with van der Waals surface area (Å²) >= 11 is 0. The number of pyridine rings is 2. The number of aryl methyl sites for hydroxylation is 2. The molecule has 3 aromatic rings. The van der Waals surface area contributed by atoms with Crippen LogP contribution in [0.4, 0.5) is 26.1 Å². The molecule has 3 aromatic heterocycles. The molecule has 0 bridgehead atoms. The fourth-order valence-electron chi connectivity index (χ4n) is 3.70. The quantitative estimate of drug-likeness (QED) is 0.671. The van der Waals surface area contributed by atoms with E-state index in [9.17, 15) is 13.6 Å². The number of aromatic nitrogens is 4. The number of carbonyl (C=O) groups excluding carboxylic acids is 1. The number of imidazole rings is 1. The lowest BCUT2D eigenvalue weighted by Gasteiger charge is -2.33. The van der Waals surface area contributed by atoms with Crippen LogP contribution in [-0.2, 0) is 18.3 Å². The Labute approximate surface area is 177 Å². The summed E-state index contributed by atoms with van der Waals surface area (Å²) in [5, 5.41) is 11.8. The molecule has 1 N–H and O–H groups in total. The highest BCUT2D eigenvalue weighted by Crippen LogP contribution is 2.43. The third-order valence-electron chi connectivity index (χ3n) is 5.57. The summed E-state index contributed by atoms with van der Waals surface area (Å²) in [7, 11) is 3.63. The van der Waals surface area contributed by atoms with Crippen LogP contribution in [0.1, 0.15) is 31.0 Å². The second kappa shape index (κ2) is 7.58. The number of carbonyl (C=O) groups is 1. The largest absolute Gasteiger partial charge is 0.334 e. The SMILES string of the molecule is CCc1cc(C#N)ncc1N(C)c1cc2c(ncn2C)c(NC(=O)C2CC(F)(F)C2)n1. The normalized spacial score (nSPS) is 15.4. The van der Waals surface area contributed by atoms with Gasteiger partial charge < -0.3 is 14.8 Å². The van der Waals surface area contributed by atoms with Gasteiger partial charge >= 0.3 is 0 Å². The molecule has 4 rings (SSSR count). The number of amides is 1. The number of nitrogens with zero attached hydrogens (tertiary/aromatic N) is 6. The van der Waals surface area contributed by atoms with Gasteiger partial charge in [0.1, 0.15) is 23.1 Å². The van der Waals surface area contributed by atoms with Crippen molar-refractivity contribution in [1.82, 2.24) is 19.5 Å². The van der Waals surface area contributed by atoms with Crippen LogP contribution in [-0.4, -0.2) is 38.4 Å². The first-order chi connectivity index (χ1) is 14.7. The molecular weight excluding hydrogens is 404 g/mol. The van der Waals surface area contributed by atoms with Gasteiger partial charge in [0.2, 0.25) is 11.8 Å². The smallest absolute Gasteiger partial charge is 0.249 e. The number of rotatable bonds is 5. The van der Waals surface area contributed by atoms with Crippen molar-refractivity contribution < 1.29 is 13.6 Å². The monoisotopic (exact) mass is 425 g/mol. The van der Waals surface area contributed by atoms with E-state index in [0.717, 1.165) is 16.8 Å². The van der Waals surface area contributed by atoms with Gasteiger partial charge in [0.15, 0.2) is 5.82 Å².